The number of hydrogen-bond acceptors (Lipinski definition) is 5. The number of nitrogens with one attached hydrogen (secondary N) is 2. The Balaban J connectivity index is 2.40. The quantitative estimate of drug-likeness (QED) is 0.458. The van der Waals surface area contributed by atoms with Crippen molar-refractivity contribution in [2.75, 3.05) is 47.5 Å². The van der Waals surface area contributed by atoms with Gasteiger partial charge in [0.1, 0.15) is 12.4 Å². The predicted octanol–water partition coefficient (Wildman–Crippen LogP) is 2.27. The number of alkyl halides is 3. The van der Waals surface area contributed by atoms with Crippen LogP contribution in [-0.2, 0) is 17.5 Å². The second kappa shape index (κ2) is 10.2. The van der Waals surface area contributed by atoms with Gasteiger partial charge in [-0.1, -0.05) is 0 Å². The number of likely N-dealkylation sites (N-methyl/N-ethyl adjacent to an activating group) is 2. The summed E-state index contributed by atoms with van der Waals surface area (Å²) in [5, 5.41) is 9.99. The molecule has 2 aromatic rings. The SMILES string of the molecule is CNCCN(C)Cc1c[nH]nc1-c1cc(OCCOC)c(P)c(C(F)(F)F)c1. The van der Waals surface area contributed by atoms with Gasteiger partial charge in [-0.2, -0.15) is 18.3 Å². The van der Waals surface area contributed by atoms with Crippen LogP contribution in [0.4, 0.5) is 13.2 Å². The average Bonchev–Trinajstić information content (AvgIpc) is 3.08. The fourth-order valence-electron chi connectivity index (χ4n) is 2.71. The summed E-state index contributed by atoms with van der Waals surface area (Å²) in [4.78, 5) is 2.07. The topological polar surface area (TPSA) is 62.4 Å². The highest BCUT2D eigenvalue weighted by atomic mass is 31.0. The van der Waals surface area contributed by atoms with Crippen LogP contribution in [0.5, 0.6) is 5.75 Å². The van der Waals surface area contributed by atoms with Gasteiger partial charge in [-0.25, -0.2) is 0 Å². The van der Waals surface area contributed by atoms with Crippen LogP contribution in [0.3, 0.4) is 0 Å². The minimum atomic E-state index is -4.51. The number of benzene rings is 1. The van der Waals surface area contributed by atoms with Crippen LogP contribution in [-0.4, -0.2) is 62.6 Å². The molecule has 0 fully saturated rings. The van der Waals surface area contributed by atoms with E-state index in [-0.39, 0.29) is 24.3 Å². The Morgan fingerprint density at radius 3 is 2.68 bits per heavy atom. The van der Waals surface area contributed by atoms with Crippen molar-refractivity contribution in [3.8, 4) is 17.0 Å². The molecule has 0 radical (unpaired) electrons. The summed E-state index contributed by atoms with van der Waals surface area (Å²) in [5.41, 5.74) is 0.874. The number of ether oxygens (including phenoxy) is 2. The lowest BCUT2D eigenvalue weighted by Gasteiger charge is -2.18. The van der Waals surface area contributed by atoms with Crippen LogP contribution in [0, 0.1) is 0 Å². The molecule has 0 aliphatic rings. The molecule has 2 N–H and O–H groups in total. The standard InChI is InChI=1S/C18H26F3N4O2P/c1-22-4-5-25(2)11-13-10-23-24-16(13)12-8-14(18(19,20)21)17(28)15(9-12)27-7-6-26-3/h8-10,22H,4-7,11,28H2,1-3H3,(H,23,24). The van der Waals surface area contributed by atoms with E-state index in [4.69, 9.17) is 9.47 Å². The van der Waals surface area contributed by atoms with Crippen molar-refractivity contribution in [3.05, 3.63) is 29.5 Å². The van der Waals surface area contributed by atoms with E-state index in [1.165, 1.54) is 7.11 Å². The number of methoxy groups -OCH3 is 1. The molecule has 0 aliphatic heterocycles. The monoisotopic (exact) mass is 418 g/mol. The minimum absolute atomic E-state index is 0.0319. The first kappa shape index (κ1) is 22.6. The predicted molar refractivity (Wildman–Crippen MR) is 106 cm³/mol. The van der Waals surface area contributed by atoms with Gasteiger partial charge in [0.2, 0.25) is 0 Å². The molecule has 1 unspecified atom stereocenters. The molecule has 1 aromatic heterocycles. The zero-order chi connectivity index (χ0) is 20.7. The average molecular weight is 418 g/mol. The van der Waals surface area contributed by atoms with Gasteiger partial charge in [0.25, 0.3) is 0 Å². The number of halogens is 3. The van der Waals surface area contributed by atoms with Crippen molar-refractivity contribution in [1.82, 2.24) is 20.4 Å². The van der Waals surface area contributed by atoms with Gasteiger partial charge in [-0.3, -0.25) is 5.10 Å². The molecule has 0 saturated heterocycles. The fraction of sp³-hybridized carbons (Fsp3) is 0.500. The Morgan fingerprint density at radius 1 is 1.29 bits per heavy atom. The van der Waals surface area contributed by atoms with Gasteiger partial charge >= 0.3 is 6.18 Å². The lowest BCUT2D eigenvalue weighted by atomic mass is 10.0. The van der Waals surface area contributed by atoms with Crippen LogP contribution in [0.2, 0.25) is 0 Å². The first-order chi connectivity index (χ1) is 13.3. The van der Waals surface area contributed by atoms with Gasteiger partial charge in [0.15, 0.2) is 0 Å². The number of hydrogen-bond donors (Lipinski definition) is 2. The van der Waals surface area contributed by atoms with Crippen LogP contribution in [0.1, 0.15) is 11.1 Å². The molecule has 10 heteroatoms. The first-order valence-corrected chi connectivity index (χ1v) is 9.34. The van der Waals surface area contributed by atoms with Gasteiger partial charge in [0.05, 0.1) is 17.9 Å². The summed E-state index contributed by atoms with van der Waals surface area (Å²) < 4.78 is 51.1. The second-order valence-corrected chi connectivity index (χ2v) is 6.95. The smallest absolute Gasteiger partial charge is 0.417 e. The van der Waals surface area contributed by atoms with Crippen LogP contribution >= 0.6 is 9.24 Å². The summed E-state index contributed by atoms with van der Waals surface area (Å²) in [6.07, 6.45) is -2.80. The summed E-state index contributed by atoms with van der Waals surface area (Å²) in [7, 11) is 7.44. The molecule has 1 aromatic carbocycles. The summed E-state index contributed by atoms with van der Waals surface area (Å²) >= 11 is 0. The maximum absolute atomic E-state index is 13.6. The molecule has 0 spiro atoms. The van der Waals surface area contributed by atoms with Crippen LogP contribution < -0.4 is 15.4 Å². The lowest BCUT2D eigenvalue weighted by Crippen LogP contribution is -2.27. The van der Waals surface area contributed by atoms with Crippen molar-refractivity contribution in [2.24, 2.45) is 0 Å². The molecule has 0 aliphatic carbocycles. The Morgan fingerprint density at radius 2 is 2.04 bits per heavy atom. The van der Waals surface area contributed by atoms with Crippen LogP contribution in [0.15, 0.2) is 18.3 Å². The van der Waals surface area contributed by atoms with E-state index in [1.54, 1.807) is 12.3 Å². The Hall–Kier alpha value is -1.67. The number of aromatic amines is 1. The molecule has 1 atom stereocenters. The third-order valence-electron chi connectivity index (χ3n) is 4.17. The van der Waals surface area contributed by atoms with E-state index in [0.29, 0.717) is 17.8 Å². The zero-order valence-electron chi connectivity index (χ0n) is 16.2. The molecule has 0 bridgehead atoms. The Kier molecular flexibility index (Phi) is 8.24. The number of nitrogens with zero attached hydrogens (tertiary/aromatic N) is 2. The Labute approximate surface area is 165 Å². The first-order valence-electron chi connectivity index (χ1n) is 8.76. The maximum Gasteiger partial charge on any atom is 0.417 e. The Bertz CT molecular complexity index is 768. The highest BCUT2D eigenvalue weighted by molar-refractivity contribution is 7.28. The third-order valence-corrected chi connectivity index (χ3v) is 4.76. The highest BCUT2D eigenvalue weighted by Crippen LogP contribution is 2.36. The molecule has 28 heavy (non-hydrogen) atoms. The van der Waals surface area contributed by atoms with Gasteiger partial charge in [-0.05, 0) is 26.2 Å². The van der Waals surface area contributed by atoms with Crippen LogP contribution in [0.25, 0.3) is 11.3 Å². The minimum Gasteiger partial charge on any atom is -0.491 e. The molecule has 6 nitrogen and oxygen atoms in total. The van der Waals surface area contributed by atoms with E-state index in [0.717, 1.165) is 24.7 Å². The summed E-state index contributed by atoms with van der Waals surface area (Å²) in [5.74, 6) is 0.143. The molecule has 156 valence electrons. The number of H-pyrrole nitrogens is 1. The summed E-state index contributed by atoms with van der Waals surface area (Å²) in [6, 6.07) is 2.69. The third kappa shape index (κ3) is 5.91. The zero-order valence-corrected chi connectivity index (χ0v) is 17.3. The van der Waals surface area contributed by atoms with E-state index < -0.39 is 11.7 Å². The molecule has 1 heterocycles. The van der Waals surface area contributed by atoms with E-state index in [9.17, 15) is 13.2 Å². The van der Waals surface area contributed by atoms with Crippen molar-refractivity contribution in [3.63, 3.8) is 0 Å². The molecule has 2 rings (SSSR count). The molecular formula is C18H26F3N4O2P. The van der Waals surface area contributed by atoms with Gasteiger partial charge in [0, 0.05) is 49.4 Å². The van der Waals surface area contributed by atoms with Crippen molar-refractivity contribution in [1.29, 1.82) is 0 Å². The molecular weight excluding hydrogens is 392 g/mol. The van der Waals surface area contributed by atoms with Crippen molar-refractivity contribution in [2.45, 2.75) is 12.7 Å². The van der Waals surface area contributed by atoms with Gasteiger partial charge in [-0.15, -0.1) is 9.24 Å². The van der Waals surface area contributed by atoms with E-state index >= 15 is 0 Å². The van der Waals surface area contributed by atoms with Crippen molar-refractivity contribution < 1.29 is 22.6 Å². The normalized spacial score (nSPS) is 12.0. The fourth-order valence-corrected chi connectivity index (χ4v) is 3.12. The largest absolute Gasteiger partial charge is 0.491 e. The molecule has 0 saturated carbocycles. The number of rotatable bonds is 10. The highest BCUT2D eigenvalue weighted by Gasteiger charge is 2.34. The maximum atomic E-state index is 13.6. The lowest BCUT2D eigenvalue weighted by molar-refractivity contribution is -0.136. The van der Waals surface area contributed by atoms with Crippen molar-refractivity contribution >= 4 is 14.5 Å². The van der Waals surface area contributed by atoms with Gasteiger partial charge < -0.3 is 19.7 Å². The second-order valence-electron chi connectivity index (χ2n) is 6.38. The van der Waals surface area contributed by atoms with E-state index in [2.05, 4.69) is 29.7 Å². The van der Waals surface area contributed by atoms with E-state index in [1.807, 2.05) is 14.1 Å². The molecule has 0 amide bonds. The summed E-state index contributed by atoms with van der Waals surface area (Å²) in [6.45, 7) is 2.59. The number of aromatic nitrogens is 2.